The predicted octanol–water partition coefficient (Wildman–Crippen LogP) is -1.25. The highest BCUT2D eigenvalue weighted by Gasteiger charge is 2.47. The minimum atomic E-state index is -1.99. The summed E-state index contributed by atoms with van der Waals surface area (Å²) >= 11 is 0. The van der Waals surface area contributed by atoms with Crippen molar-refractivity contribution >= 4 is 17.5 Å². The number of carboxylic acid groups (broad SMARTS) is 1. The summed E-state index contributed by atoms with van der Waals surface area (Å²) < 4.78 is 10.4. The number of fused-ring (bicyclic) bond motifs is 2. The first-order chi connectivity index (χ1) is 15.6. The number of hydrogen-bond donors (Lipinski definition) is 7. The van der Waals surface area contributed by atoms with Crippen molar-refractivity contribution in [2.45, 2.75) is 30.7 Å². The fourth-order valence-electron chi connectivity index (χ4n) is 3.89. The highest BCUT2D eigenvalue weighted by molar-refractivity contribution is 6.31. The Morgan fingerprint density at radius 3 is 1.97 bits per heavy atom. The molecule has 0 saturated carbocycles. The Hall–Kier alpha value is -3.55. The van der Waals surface area contributed by atoms with E-state index in [2.05, 4.69) is 0 Å². The van der Waals surface area contributed by atoms with E-state index in [1.165, 1.54) is 24.3 Å². The van der Waals surface area contributed by atoms with Gasteiger partial charge in [-0.05, 0) is 0 Å². The van der Waals surface area contributed by atoms with Crippen LogP contribution in [0.2, 0.25) is 0 Å². The van der Waals surface area contributed by atoms with Crippen LogP contribution >= 0.6 is 0 Å². The van der Waals surface area contributed by atoms with Crippen LogP contribution in [-0.2, 0) is 4.74 Å². The number of aliphatic hydroxyl groups is 4. The Morgan fingerprint density at radius 1 is 0.909 bits per heavy atom. The molecule has 12 nitrogen and oxygen atoms in total. The third-order valence-electron chi connectivity index (χ3n) is 5.57. The molecule has 12 heteroatoms. The Balaban J connectivity index is 1.88. The number of aliphatic hydroxyl groups excluding tert-OH is 4. The van der Waals surface area contributed by atoms with Crippen LogP contribution in [-0.4, -0.2) is 90.6 Å². The fourth-order valence-corrected chi connectivity index (χ4v) is 3.89. The highest BCUT2D eigenvalue weighted by Crippen LogP contribution is 2.47. The number of carbonyl (C=O) groups excluding carboxylic acids is 2. The molecule has 174 valence electrons. The number of ketones is 2. The summed E-state index contributed by atoms with van der Waals surface area (Å²) in [5.74, 6) is -6.97. The highest BCUT2D eigenvalue weighted by atomic mass is 16.7. The molecule has 5 atom stereocenters. The Morgan fingerprint density at radius 2 is 1.45 bits per heavy atom. The van der Waals surface area contributed by atoms with Gasteiger partial charge in [0.15, 0.2) is 23.1 Å². The lowest BCUT2D eigenvalue weighted by Gasteiger charge is -2.39. The molecular weight excluding hydrogens is 444 g/mol. The van der Waals surface area contributed by atoms with Gasteiger partial charge in [0.2, 0.25) is 6.29 Å². The molecule has 1 aliphatic heterocycles. The van der Waals surface area contributed by atoms with Gasteiger partial charge in [-0.15, -0.1) is 0 Å². The van der Waals surface area contributed by atoms with Crippen molar-refractivity contribution in [2.24, 2.45) is 0 Å². The van der Waals surface area contributed by atoms with Gasteiger partial charge in [0.05, 0.1) is 17.7 Å². The maximum absolute atomic E-state index is 13.0. The fraction of sp³-hybridized carbons (Fsp3) is 0.286. The first-order valence-electron chi connectivity index (χ1n) is 9.60. The van der Waals surface area contributed by atoms with Crippen LogP contribution in [0.15, 0.2) is 24.3 Å². The Kier molecular flexibility index (Phi) is 5.56. The predicted molar refractivity (Wildman–Crippen MR) is 104 cm³/mol. The van der Waals surface area contributed by atoms with Gasteiger partial charge in [-0.25, -0.2) is 4.79 Å². The molecule has 1 heterocycles. The maximum Gasteiger partial charge on any atom is 0.343 e. The largest absolute Gasteiger partial charge is 0.506 e. The van der Waals surface area contributed by atoms with E-state index in [1.807, 2.05) is 0 Å². The average Bonchev–Trinajstić information content (AvgIpc) is 2.79. The van der Waals surface area contributed by atoms with E-state index >= 15 is 0 Å². The molecule has 1 fully saturated rings. The summed E-state index contributed by atoms with van der Waals surface area (Å²) in [5, 5.41) is 70.3. The number of aromatic carboxylic acids is 1. The first kappa shape index (κ1) is 22.6. The summed E-state index contributed by atoms with van der Waals surface area (Å²) in [6.45, 7) is -0.818. The average molecular weight is 462 g/mol. The monoisotopic (exact) mass is 462 g/mol. The lowest BCUT2D eigenvalue weighted by Crippen LogP contribution is -2.60. The third kappa shape index (κ3) is 3.32. The molecule has 0 aromatic heterocycles. The van der Waals surface area contributed by atoms with Crippen molar-refractivity contribution in [3.63, 3.8) is 0 Å². The van der Waals surface area contributed by atoms with Crippen LogP contribution in [0.1, 0.15) is 42.2 Å². The topological polar surface area (TPSA) is 211 Å². The lowest BCUT2D eigenvalue weighted by molar-refractivity contribution is -0.277. The van der Waals surface area contributed by atoms with E-state index in [0.717, 1.165) is 0 Å². The van der Waals surface area contributed by atoms with Crippen molar-refractivity contribution in [2.75, 3.05) is 6.61 Å². The summed E-state index contributed by atoms with van der Waals surface area (Å²) in [6, 6.07) is 5.52. The van der Waals surface area contributed by atoms with Gasteiger partial charge in [-0.1, -0.05) is 24.3 Å². The molecule has 0 bridgehead atoms. The minimum Gasteiger partial charge on any atom is -0.506 e. The second kappa shape index (κ2) is 8.10. The van der Waals surface area contributed by atoms with E-state index in [1.54, 1.807) is 0 Å². The van der Waals surface area contributed by atoms with Gasteiger partial charge < -0.3 is 45.2 Å². The smallest absolute Gasteiger partial charge is 0.343 e. The van der Waals surface area contributed by atoms with Crippen molar-refractivity contribution < 1.29 is 59.6 Å². The lowest BCUT2D eigenvalue weighted by atomic mass is 9.81. The molecule has 0 unspecified atom stereocenters. The SMILES string of the molecule is O=C(O)c1c(O)c2c(c(O)c1O[C@@H]1O[C@H](CO)[C@@H](O)[C@H](O)[C@H]1O)C(=O)c1ccccc1C2=O. The second-order valence-corrected chi connectivity index (χ2v) is 7.48. The Labute approximate surface area is 184 Å². The number of rotatable bonds is 4. The molecule has 4 rings (SSSR count). The number of ether oxygens (including phenoxy) is 2. The van der Waals surface area contributed by atoms with E-state index in [-0.39, 0.29) is 11.1 Å². The zero-order chi connectivity index (χ0) is 24.2. The molecule has 1 saturated heterocycles. The van der Waals surface area contributed by atoms with Crippen molar-refractivity contribution in [1.29, 1.82) is 0 Å². The third-order valence-corrected chi connectivity index (χ3v) is 5.57. The molecule has 0 spiro atoms. The first-order valence-corrected chi connectivity index (χ1v) is 9.60. The quantitative estimate of drug-likeness (QED) is 0.227. The summed E-state index contributed by atoms with van der Waals surface area (Å²) in [4.78, 5) is 37.8. The zero-order valence-corrected chi connectivity index (χ0v) is 16.6. The van der Waals surface area contributed by atoms with E-state index < -0.39 is 88.8 Å². The van der Waals surface area contributed by atoms with Gasteiger partial charge in [0, 0.05) is 11.1 Å². The second-order valence-electron chi connectivity index (χ2n) is 7.48. The van der Waals surface area contributed by atoms with Crippen LogP contribution in [0.4, 0.5) is 0 Å². The molecule has 7 N–H and O–H groups in total. The molecule has 2 aliphatic rings. The zero-order valence-electron chi connectivity index (χ0n) is 16.6. The number of aromatic hydroxyl groups is 2. The molecular formula is C21H18O12. The number of benzene rings is 2. The number of carboxylic acids is 1. The van der Waals surface area contributed by atoms with Crippen LogP contribution in [0.5, 0.6) is 17.2 Å². The van der Waals surface area contributed by atoms with Crippen LogP contribution in [0, 0.1) is 0 Å². The molecule has 0 radical (unpaired) electrons. The van der Waals surface area contributed by atoms with E-state index in [9.17, 15) is 50.1 Å². The van der Waals surface area contributed by atoms with E-state index in [0.29, 0.717) is 0 Å². The van der Waals surface area contributed by atoms with Crippen molar-refractivity contribution in [3.05, 3.63) is 52.1 Å². The Bertz CT molecular complexity index is 1170. The van der Waals surface area contributed by atoms with Crippen molar-refractivity contribution in [1.82, 2.24) is 0 Å². The van der Waals surface area contributed by atoms with Crippen LogP contribution in [0.25, 0.3) is 0 Å². The number of phenols is 2. The summed E-state index contributed by atoms with van der Waals surface area (Å²) in [5.41, 5.74) is -2.78. The maximum atomic E-state index is 13.0. The van der Waals surface area contributed by atoms with Gasteiger partial charge in [-0.3, -0.25) is 9.59 Å². The normalized spacial score (nSPS) is 26.5. The van der Waals surface area contributed by atoms with Gasteiger partial charge in [-0.2, -0.15) is 0 Å². The van der Waals surface area contributed by atoms with Crippen LogP contribution in [0.3, 0.4) is 0 Å². The standard InChI is InChI=1S/C21H18O12/c22-5-8-14(25)17(28)18(29)21(32-8)33-19-11(20(30)31)15(26)9-10(16(19)27)13(24)7-4-2-1-3-6(7)12(9)23/h1-4,8,14,17-18,21-22,25-29H,5H2,(H,30,31)/t8-,14-,17+,18-,21+/m1/s1. The molecule has 2 aromatic rings. The van der Waals surface area contributed by atoms with Crippen molar-refractivity contribution in [3.8, 4) is 17.2 Å². The summed E-state index contributed by atoms with van der Waals surface area (Å²) in [6.07, 6.45) is -8.99. The van der Waals surface area contributed by atoms with Gasteiger partial charge in [0.1, 0.15) is 35.7 Å². The molecule has 33 heavy (non-hydrogen) atoms. The molecule has 0 amide bonds. The molecule has 1 aliphatic carbocycles. The number of hydrogen-bond acceptors (Lipinski definition) is 11. The molecule has 2 aromatic carbocycles. The number of phenolic OH excluding ortho intramolecular Hbond substituents is 1. The number of carbonyl (C=O) groups is 3. The minimum absolute atomic E-state index is 0.105. The van der Waals surface area contributed by atoms with Gasteiger partial charge in [0.25, 0.3) is 0 Å². The van der Waals surface area contributed by atoms with E-state index in [4.69, 9.17) is 9.47 Å². The summed E-state index contributed by atoms with van der Waals surface area (Å²) in [7, 11) is 0. The van der Waals surface area contributed by atoms with Gasteiger partial charge >= 0.3 is 5.97 Å². The van der Waals surface area contributed by atoms with Crippen LogP contribution < -0.4 is 4.74 Å².